The molecule has 35 heavy (non-hydrogen) atoms. The Morgan fingerprint density at radius 2 is 0.886 bits per heavy atom. The second-order valence-corrected chi connectivity index (χ2v) is 13.0. The minimum Gasteiger partial charge on any atom is 0 e. The summed E-state index contributed by atoms with van der Waals surface area (Å²) in [5.41, 5.74) is 6.71. The molecule has 2 aliphatic rings. The van der Waals surface area contributed by atoms with E-state index in [0.29, 0.717) is 0 Å². The molecule has 4 nitrogen and oxygen atoms in total. The summed E-state index contributed by atoms with van der Waals surface area (Å²) in [5, 5.41) is 0.188. The molecule has 1 heterocycles. The van der Waals surface area contributed by atoms with Gasteiger partial charge in [-0.15, -0.1) is 0 Å². The van der Waals surface area contributed by atoms with Crippen LogP contribution in [0.3, 0.4) is 0 Å². The Balaban J connectivity index is -0.00000103. The predicted octanol–water partition coefficient (Wildman–Crippen LogP) is 8.16. The molecule has 1 aromatic rings. The van der Waals surface area contributed by atoms with Gasteiger partial charge in [-0.05, 0) is 46.4 Å². The Hall–Kier alpha value is -1.65. The fourth-order valence-corrected chi connectivity index (χ4v) is 8.23. The quantitative estimate of drug-likeness (QED) is 0.115. The fraction of sp³-hybridized carbons (Fsp3) is 0.448. The van der Waals surface area contributed by atoms with Crippen LogP contribution in [0.5, 0.6) is 0 Å². The number of hydrogen-bond acceptors (Lipinski definition) is 0. The van der Waals surface area contributed by atoms with Crippen molar-refractivity contribution < 1.29 is 35.7 Å². The molecule has 0 fully saturated rings. The maximum absolute atomic E-state index is 7.50. The first-order valence-electron chi connectivity index (χ1n) is 10.6. The van der Waals surface area contributed by atoms with Gasteiger partial charge in [-0.25, -0.2) is 0 Å². The van der Waals surface area contributed by atoms with Crippen molar-refractivity contribution in [3.05, 3.63) is 84.8 Å². The van der Waals surface area contributed by atoms with Crippen molar-refractivity contribution in [3.8, 4) is 0 Å². The van der Waals surface area contributed by atoms with E-state index in [2.05, 4.69) is 137 Å². The fourth-order valence-electron chi connectivity index (χ4n) is 4.91. The molecule has 6 heteroatoms. The Bertz CT molecular complexity index is 907. The summed E-state index contributed by atoms with van der Waals surface area (Å²) >= 11 is 0. The largest absolute Gasteiger partial charge is 0 e. The van der Waals surface area contributed by atoms with Crippen molar-refractivity contribution >= 4 is 20.1 Å². The summed E-state index contributed by atoms with van der Waals surface area (Å²) in [4.78, 5) is 0. The van der Waals surface area contributed by atoms with Gasteiger partial charge in [-0.1, -0.05) is 110 Å². The third-order valence-electron chi connectivity index (χ3n) is 5.71. The third kappa shape index (κ3) is 8.18. The van der Waals surface area contributed by atoms with Crippen LogP contribution in [0.25, 0.3) is 12.2 Å². The van der Waals surface area contributed by atoms with E-state index in [1.165, 1.54) is 11.1 Å². The summed E-state index contributed by atoms with van der Waals surface area (Å²) in [5.74, 6) is 5.04. The zero-order valence-electron chi connectivity index (χ0n) is 22.1. The van der Waals surface area contributed by atoms with Crippen LogP contribution >= 0.6 is 7.92 Å². The van der Waals surface area contributed by atoms with Crippen LogP contribution in [-0.4, -0.2) is 5.16 Å². The van der Waals surface area contributed by atoms with Crippen LogP contribution in [0.1, 0.15) is 73.4 Å². The second-order valence-electron chi connectivity index (χ2n) is 10.9. The number of allylic oxidation sites excluding steroid dienone is 2. The number of rotatable bonds is 1. The Morgan fingerprint density at radius 3 is 1.11 bits per heavy atom. The topological polar surface area (TPSA) is 79.6 Å². The second kappa shape index (κ2) is 15.5. The Kier molecular flexibility index (Phi) is 16.7. The van der Waals surface area contributed by atoms with Gasteiger partial charge in [-0.2, -0.15) is 0 Å². The maximum atomic E-state index is 7.50. The molecule has 0 aromatic heterocycles. The molecule has 0 unspecified atom stereocenters. The van der Waals surface area contributed by atoms with E-state index < -0.39 is 7.92 Å². The first kappa shape index (κ1) is 37.9. The van der Waals surface area contributed by atoms with Crippen molar-refractivity contribution in [2.45, 2.75) is 67.5 Å². The monoisotopic (exact) mass is 534 g/mol. The van der Waals surface area contributed by atoms with Gasteiger partial charge >= 0.3 is 45.2 Å². The maximum Gasteiger partial charge on any atom is 0 e. The van der Waals surface area contributed by atoms with Gasteiger partial charge in [0.2, 0.25) is 0 Å². The number of benzene rings is 1. The molecule has 3 rings (SSSR count). The Morgan fingerprint density at radius 1 is 0.600 bits per heavy atom. The Labute approximate surface area is 223 Å². The van der Waals surface area contributed by atoms with Crippen LogP contribution in [-0.2, 0) is 35.7 Å². The zero-order valence-corrected chi connectivity index (χ0v) is 24.1. The van der Waals surface area contributed by atoms with E-state index >= 15 is 0 Å². The molecule has 188 valence electrons. The average molecular weight is 534 g/mol. The number of fused-ring (bicyclic) bond motifs is 1. The molecule has 0 radical (unpaired) electrons. The van der Waals surface area contributed by atoms with Crippen molar-refractivity contribution in [1.29, 1.82) is 0 Å². The smallest absolute Gasteiger partial charge is 0 e. The molecule has 0 saturated carbocycles. The molecule has 0 saturated heterocycles. The molecule has 1 aliphatic carbocycles. The number of hydrogen-bond donors (Lipinski definition) is 0. The molecule has 1 aromatic carbocycles. The van der Waals surface area contributed by atoms with Crippen molar-refractivity contribution in [2.75, 3.05) is 0 Å². The van der Waals surface area contributed by atoms with E-state index in [4.69, 9.17) is 18.6 Å². The molecular weight excluding hydrogens is 499 g/mol. The van der Waals surface area contributed by atoms with Crippen LogP contribution in [0, 0.1) is 42.8 Å². The van der Waals surface area contributed by atoms with Crippen molar-refractivity contribution in [1.82, 2.24) is 0 Å². The molecule has 0 bridgehead atoms. The van der Waals surface area contributed by atoms with Gasteiger partial charge in [0.25, 0.3) is 0 Å². The van der Waals surface area contributed by atoms with E-state index in [-0.39, 0.29) is 38.5 Å². The summed E-state index contributed by atoms with van der Waals surface area (Å²) in [6.07, 6.45) is 4.74. The van der Waals surface area contributed by atoms with Gasteiger partial charge in [-0.3, -0.25) is 0 Å². The molecule has 0 amide bonds. The SMILES string of the molecule is CC(C)(C)C1=C(C(C)(C)C)C1(P1C=Cc2ccccc2C=C1)C(C)(C)C.[C-]#[O+].[C-]#[O+].[C-]#[O+].[C-]#[O+].[Fe]. The third-order valence-corrected chi connectivity index (χ3v) is 8.54. The van der Waals surface area contributed by atoms with Crippen molar-refractivity contribution in [2.24, 2.45) is 16.2 Å². The molecule has 0 N–H and O–H groups in total. The van der Waals surface area contributed by atoms with Crippen LogP contribution < -0.4 is 0 Å². The summed E-state index contributed by atoms with van der Waals surface area (Å²) in [7, 11) is -0.407. The molecular formula is C29H35FeO4P. The summed E-state index contributed by atoms with van der Waals surface area (Å²) in [6, 6.07) is 8.74. The van der Waals surface area contributed by atoms with Gasteiger partial charge < -0.3 is 0 Å². The van der Waals surface area contributed by atoms with Gasteiger partial charge in [0.15, 0.2) is 0 Å². The van der Waals surface area contributed by atoms with Crippen LogP contribution in [0.4, 0.5) is 0 Å². The minimum absolute atomic E-state index is 0. The van der Waals surface area contributed by atoms with Crippen LogP contribution in [0.15, 0.2) is 47.0 Å². The summed E-state index contributed by atoms with van der Waals surface area (Å²) in [6.45, 7) is 39.7. The van der Waals surface area contributed by atoms with Crippen molar-refractivity contribution in [3.63, 3.8) is 0 Å². The first-order chi connectivity index (χ1) is 15.8. The van der Waals surface area contributed by atoms with E-state index in [0.717, 1.165) is 0 Å². The van der Waals surface area contributed by atoms with E-state index in [9.17, 15) is 0 Å². The molecule has 0 spiro atoms. The van der Waals surface area contributed by atoms with Gasteiger partial charge in [0.05, 0.1) is 0 Å². The molecule has 0 atom stereocenters. The summed E-state index contributed by atoms with van der Waals surface area (Å²) < 4.78 is 30.0. The van der Waals surface area contributed by atoms with Crippen LogP contribution in [0.2, 0.25) is 0 Å². The van der Waals surface area contributed by atoms with Gasteiger partial charge in [0.1, 0.15) is 0 Å². The predicted molar refractivity (Wildman–Crippen MR) is 135 cm³/mol. The zero-order chi connectivity index (χ0) is 27.5. The minimum atomic E-state index is -0.407. The molecule has 1 aliphatic heterocycles. The average Bonchev–Trinajstić information content (AvgIpc) is 3.56. The van der Waals surface area contributed by atoms with E-state index in [1.807, 2.05) is 0 Å². The standard InChI is InChI=1S/C25H35P.4CO.Fe/c1-22(2,3)20-21(23(4,5)6)25(20,24(7,8)9)26-16-14-18-12-10-11-13-19(18)15-17-26;4*1-2;/h10-17H,1-9H3;;;;;. The van der Waals surface area contributed by atoms with Gasteiger partial charge in [0, 0.05) is 22.2 Å². The normalized spacial score (nSPS) is 15.2. The van der Waals surface area contributed by atoms with E-state index in [1.54, 1.807) is 11.1 Å². The first-order valence-corrected chi connectivity index (χ1v) is 12.1.